The zero-order valence-corrected chi connectivity index (χ0v) is 16.3. The number of ether oxygens (including phenoxy) is 2. The van der Waals surface area contributed by atoms with Crippen LogP contribution in [0.2, 0.25) is 0 Å². The maximum Gasteiger partial charge on any atom is 0.410 e. The van der Waals surface area contributed by atoms with E-state index in [-0.39, 0.29) is 18.2 Å². The molecule has 2 aliphatic heterocycles. The molecule has 5 nitrogen and oxygen atoms in total. The second kappa shape index (κ2) is 7.10. The molecule has 2 heterocycles. The summed E-state index contributed by atoms with van der Waals surface area (Å²) in [4.78, 5) is 14.6. The number of benzene rings is 1. The number of amides is 1. The Morgan fingerprint density at radius 3 is 2.27 bits per heavy atom. The zero-order chi connectivity index (χ0) is 18.9. The topological polar surface area (TPSA) is 59.0 Å². The van der Waals surface area contributed by atoms with Gasteiger partial charge in [-0.2, -0.15) is 0 Å². The summed E-state index contributed by atoms with van der Waals surface area (Å²) in [5.74, 6) is 0.811. The number of nitrogens with zero attached hydrogens (tertiary/aromatic N) is 1. The van der Waals surface area contributed by atoms with Gasteiger partial charge in [-0.1, -0.05) is 12.1 Å². The Bertz CT molecular complexity index is 620. The zero-order valence-electron chi connectivity index (χ0n) is 16.3. The molecule has 2 aliphatic rings. The Morgan fingerprint density at radius 2 is 1.77 bits per heavy atom. The molecule has 0 radical (unpaired) electrons. The van der Waals surface area contributed by atoms with E-state index in [9.17, 15) is 9.90 Å². The van der Waals surface area contributed by atoms with Crippen molar-refractivity contribution in [1.29, 1.82) is 0 Å². The fourth-order valence-electron chi connectivity index (χ4n) is 4.31. The second-order valence-corrected chi connectivity index (χ2v) is 8.52. The molecule has 2 unspecified atom stereocenters. The van der Waals surface area contributed by atoms with Crippen molar-refractivity contribution < 1.29 is 19.4 Å². The molecular weight excluding hydrogens is 330 g/mol. The summed E-state index contributed by atoms with van der Waals surface area (Å²) in [5.41, 5.74) is -0.505. The molecule has 5 heteroatoms. The lowest BCUT2D eigenvalue weighted by Gasteiger charge is -2.51. The Morgan fingerprint density at radius 1 is 1.19 bits per heavy atom. The van der Waals surface area contributed by atoms with Crippen LogP contribution in [0.3, 0.4) is 0 Å². The van der Waals surface area contributed by atoms with Gasteiger partial charge in [0.15, 0.2) is 0 Å². The quantitative estimate of drug-likeness (QED) is 0.875. The van der Waals surface area contributed by atoms with Crippen molar-refractivity contribution >= 4 is 6.09 Å². The Labute approximate surface area is 156 Å². The lowest BCUT2D eigenvalue weighted by Crippen LogP contribution is -2.59. The van der Waals surface area contributed by atoms with Gasteiger partial charge in [-0.15, -0.1) is 0 Å². The highest BCUT2D eigenvalue weighted by Gasteiger charge is 2.49. The number of hydrogen-bond donors (Lipinski definition) is 1. The fraction of sp³-hybridized carbons (Fsp3) is 0.667. The number of rotatable bonds is 3. The maximum atomic E-state index is 12.7. The number of carbonyl (C=O) groups is 1. The van der Waals surface area contributed by atoms with Crippen LogP contribution < -0.4 is 4.74 Å². The molecule has 0 aromatic heterocycles. The average Bonchev–Trinajstić information content (AvgIpc) is 2.53. The van der Waals surface area contributed by atoms with Gasteiger partial charge in [0.2, 0.25) is 0 Å². The first-order valence-electron chi connectivity index (χ1n) is 9.69. The molecule has 2 saturated heterocycles. The predicted octanol–water partition coefficient (Wildman–Crippen LogP) is 4.22. The minimum Gasteiger partial charge on any atom is -0.494 e. The molecule has 0 saturated carbocycles. The van der Waals surface area contributed by atoms with E-state index >= 15 is 0 Å². The number of hydrogen-bond acceptors (Lipinski definition) is 4. The van der Waals surface area contributed by atoms with Crippen molar-refractivity contribution in [2.75, 3.05) is 6.61 Å². The molecule has 1 N–H and O–H groups in total. The molecule has 0 aliphatic carbocycles. The third-order valence-electron chi connectivity index (χ3n) is 5.32. The van der Waals surface area contributed by atoms with Crippen LogP contribution in [-0.2, 0) is 10.3 Å². The van der Waals surface area contributed by atoms with Crippen LogP contribution in [0.5, 0.6) is 5.75 Å². The van der Waals surface area contributed by atoms with E-state index < -0.39 is 11.2 Å². The third kappa shape index (κ3) is 3.98. The summed E-state index contributed by atoms with van der Waals surface area (Å²) in [6.45, 7) is 8.25. The standard InChI is InChI=1S/C21H31NO4/c1-5-25-18-11-9-15(10-12-18)21(24)13-16-7-6-8-17(14-21)22(16)19(23)26-20(2,3)4/h9-12,16-17,24H,5-8,13-14H2,1-4H3. The molecule has 2 fully saturated rings. The van der Waals surface area contributed by atoms with Gasteiger partial charge < -0.3 is 19.5 Å². The first-order valence-corrected chi connectivity index (χ1v) is 9.69. The van der Waals surface area contributed by atoms with Crippen molar-refractivity contribution in [3.05, 3.63) is 29.8 Å². The molecule has 26 heavy (non-hydrogen) atoms. The first-order chi connectivity index (χ1) is 12.2. The highest BCUT2D eigenvalue weighted by Crippen LogP contribution is 2.45. The number of fused-ring (bicyclic) bond motifs is 2. The van der Waals surface area contributed by atoms with Gasteiger partial charge in [-0.25, -0.2) is 4.79 Å². The highest BCUT2D eigenvalue weighted by atomic mass is 16.6. The molecular formula is C21H31NO4. The summed E-state index contributed by atoms with van der Waals surface area (Å²) in [6.07, 6.45) is 3.77. The fourth-order valence-corrected chi connectivity index (χ4v) is 4.31. The smallest absolute Gasteiger partial charge is 0.410 e. The van der Waals surface area contributed by atoms with Crippen LogP contribution >= 0.6 is 0 Å². The van der Waals surface area contributed by atoms with E-state index in [1.165, 1.54) is 0 Å². The Balaban J connectivity index is 1.79. The van der Waals surface area contributed by atoms with Crippen LogP contribution in [0, 0.1) is 0 Å². The van der Waals surface area contributed by atoms with E-state index in [4.69, 9.17) is 9.47 Å². The Hall–Kier alpha value is -1.75. The molecule has 3 rings (SSSR count). The average molecular weight is 361 g/mol. The largest absolute Gasteiger partial charge is 0.494 e. The molecule has 1 aromatic rings. The maximum absolute atomic E-state index is 12.7. The number of aliphatic hydroxyl groups is 1. The predicted molar refractivity (Wildman–Crippen MR) is 100 cm³/mol. The molecule has 1 amide bonds. The number of carbonyl (C=O) groups excluding carboxylic acids is 1. The minimum atomic E-state index is -0.904. The lowest BCUT2D eigenvalue weighted by atomic mass is 9.72. The first kappa shape index (κ1) is 19.0. The van der Waals surface area contributed by atoms with Crippen LogP contribution in [0.25, 0.3) is 0 Å². The molecule has 144 valence electrons. The molecule has 0 spiro atoms. The van der Waals surface area contributed by atoms with Crippen LogP contribution in [-0.4, -0.2) is 40.4 Å². The second-order valence-electron chi connectivity index (χ2n) is 8.52. The van der Waals surface area contributed by atoms with Crippen molar-refractivity contribution in [1.82, 2.24) is 4.90 Å². The van der Waals surface area contributed by atoms with Gasteiger partial charge in [-0.05, 0) is 64.7 Å². The SMILES string of the molecule is CCOc1ccc(C2(O)CC3CCCC(C2)N3C(=O)OC(C)(C)C)cc1. The van der Waals surface area contributed by atoms with Crippen molar-refractivity contribution in [3.63, 3.8) is 0 Å². The van der Waals surface area contributed by atoms with Gasteiger partial charge in [0, 0.05) is 24.9 Å². The highest BCUT2D eigenvalue weighted by molar-refractivity contribution is 5.69. The van der Waals surface area contributed by atoms with Gasteiger partial charge in [-0.3, -0.25) is 0 Å². The summed E-state index contributed by atoms with van der Waals surface area (Å²) in [5, 5.41) is 11.4. The Kier molecular flexibility index (Phi) is 5.20. The van der Waals surface area contributed by atoms with E-state index in [0.717, 1.165) is 30.6 Å². The normalized spacial score (nSPS) is 28.6. The van der Waals surface area contributed by atoms with E-state index in [1.807, 2.05) is 56.9 Å². The molecule has 2 bridgehead atoms. The lowest BCUT2D eigenvalue weighted by molar-refractivity contribution is -0.0965. The van der Waals surface area contributed by atoms with Gasteiger partial charge in [0.25, 0.3) is 0 Å². The monoisotopic (exact) mass is 361 g/mol. The van der Waals surface area contributed by atoms with Crippen LogP contribution in [0.15, 0.2) is 24.3 Å². The van der Waals surface area contributed by atoms with E-state index in [0.29, 0.717) is 19.4 Å². The van der Waals surface area contributed by atoms with Crippen molar-refractivity contribution in [3.8, 4) is 5.75 Å². The van der Waals surface area contributed by atoms with Gasteiger partial charge in [0.05, 0.1) is 12.2 Å². The minimum absolute atomic E-state index is 0.0221. The van der Waals surface area contributed by atoms with Crippen molar-refractivity contribution in [2.24, 2.45) is 0 Å². The number of piperidine rings is 2. The van der Waals surface area contributed by atoms with Gasteiger partial charge in [0.1, 0.15) is 11.4 Å². The summed E-state index contributed by atoms with van der Waals surface area (Å²) in [7, 11) is 0. The van der Waals surface area contributed by atoms with Crippen LogP contribution in [0.1, 0.15) is 65.4 Å². The third-order valence-corrected chi connectivity index (χ3v) is 5.32. The summed E-state index contributed by atoms with van der Waals surface area (Å²) in [6, 6.07) is 7.76. The van der Waals surface area contributed by atoms with E-state index in [1.54, 1.807) is 0 Å². The summed E-state index contributed by atoms with van der Waals surface area (Å²) < 4.78 is 11.1. The summed E-state index contributed by atoms with van der Waals surface area (Å²) >= 11 is 0. The van der Waals surface area contributed by atoms with E-state index in [2.05, 4.69) is 0 Å². The van der Waals surface area contributed by atoms with Crippen LogP contribution in [0.4, 0.5) is 4.79 Å². The van der Waals surface area contributed by atoms with Crippen molar-refractivity contribution in [2.45, 2.75) is 83.1 Å². The van der Waals surface area contributed by atoms with Gasteiger partial charge >= 0.3 is 6.09 Å². The molecule has 1 aromatic carbocycles. The molecule has 2 atom stereocenters.